The first kappa shape index (κ1) is 12.0. The first-order valence-corrected chi connectivity index (χ1v) is 6.60. The number of hydrogen-bond donors (Lipinski definition) is 3. The van der Waals surface area contributed by atoms with Crippen LogP contribution in [-0.2, 0) is 0 Å². The van der Waals surface area contributed by atoms with Crippen LogP contribution in [0.15, 0.2) is 48.7 Å². The van der Waals surface area contributed by atoms with E-state index in [1.165, 1.54) is 5.56 Å². The van der Waals surface area contributed by atoms with Gasteiger partial charge in [-0.3, -0.25) is 0 Å². The number of benzene rings is 1. The van der Waals surface area contributed by atoms with Gasteiger partial charge >= 0.3 is 0 Å². The summed E-state index contributed by atoms with van der Waals surface area (Å²) in [5.74, 6) is 0.896. The van der Waals surface area contributed by atoms with Gasteiger partial charge in [0.25, 0.3) is 0 Å². The Bertz CT molecular complexity index is 541. The van der Waals surface area contributed by atoms with Crippen LogP contribution in [0.3, 0.4) is 0 Å². The molecule has 0 amide bonds. The number of nitrogens with one attached hydrogen (secondary N) is 2. The third kappa shape index (κ3) is 2.53. The molecule has 0 spiro atoms. The maximum atomic E-state index is 5.86. The molecule has 4 nitrogen and oxygen atoms in total. The van der Waals surface area contributed by atoms with Crippen molar-refractivity contribution in [2.75, 3.05) is 17.2 Å². The zero-order chi connectivity index (χ0) is 13.1. The maximum absolute atomic E-state index is 5.86. The summed E-state index contributed by atoms with van der Waals surface area (Å²) in [6.45, 7) is 0.610. The molecular weight excluding hydrogens is 236 g/mol. The number of anilines is 2. The van der Waals surface area contributed by atoms with Crippen molar-refractivity contribution in [3.05, 3.63) is 54.2 Å². The second-order valence-electron chi connectivity index (χ2n) is 4.82. The third-order valence-electron chi connectivity index (χ3n) is 3.48. The molecule has 0 aliphatic carbocycles. The van der Waals surface area contributed by atoms with Crippen LogP contribution in [0.1, 0.15) is 18.0 Å². The lowest BCUT2D eigenvalue weighted by Gasteiger charge is -2.20. The van der Waals surface area contributed by atoms with E-state index >= 15 is 0 Å². The fourth-order valence-corrected chi connectivity index (χ4v) is 2.48. The Labute approximate surface area is 113 Å². The van der Waals surface area contributed by atoms with Crippen molar-refractivity contribution in [3.8, 4) is 0 Å². The van der Waals surface area contributed by atoms with Crippen molar-refractivity contribution >= 4 is 11.5 Å². The average Bonchev–Trinajstić information content (AvgIpc) is 2.67. The van der Waals surface area contributed by atoms with Crippen LogP contribution in [-0.4, -0.2) is 17.6 Å². The van der Waals surface area contributed by atoms with E-state index in [9.17, 15) is 0 Å². The summed E-state index contributed by atoms with van der Waals surface area (Å²) in [6.07, 6.45) is 2.75. The molecule has 1 aromatic heterocycles. The van der Waals surface area contributed by atoms with Crippen LogP contribution < -0.4 is 16.4 Å². The molecule has 2 heterocycles. The molecular formula is C15H18N4. The topological polar surface area (TPSA) is 63.0 Å². The van der Waals surface area contributed by atoms with Crippen LogP contribution in [0.4, 0.5) is 11.5 Å². The summed E-state index contributed by atoms with van der Waals surface area (Å²) in [5, 5.41) is 6.97. The van der Waals surface area contributed by atoms with E-state index in [2.05, 4.69) is 39.9 Å². The van der Waals surface area contributed by atoms with Crippen LogP contribution >= 0.6 is 0 Å². The minimum atomic E-state index is 0.235. The molecule has 1 aliphatic rings. The van der Waals surface area contributed by atoms with E-state index in [4.69, 9.17) is 5.73 Å². The Morgan fingerprint density at radius 3 is 2.74 bits per heavy atom. The molecule has 4 N–H and O–H groups in total. The van der Waals surface area contributed by atoms with Gasteiger partial charge in [0.1, 0.15) is 5.82 Å². The molecule has 0 fully saturated rings. The van der Waals surface area contributed by atoms with Gasteiger partial charge in [-0.1, -0.05) is 30.3 Å². The Morgan fingerprint density at radius 1 is 1.11 bits per heavy atom. The van der Waals surface area contributed by atoms with Gasteiger partial charge in [0, 0.05) is 18.8 Å². The average molecular weight is 254 g/mol. The van der Waals surface area contributed by atoms with E-state index in [1.807, 2.05) is 18.2 Å². The number of nitrogens with two attached hydrogens (primary N) is 1. The molecule has 1 aliphatic heterocycles. The van der Waals surface area contributed by atoms with Crippen molar-refractivity contribution in [1.82, 2.24) is 4.98 Å². The van der Waals surface area contributed by atoms with Gasteiger partial charge in [-0.15, -0.1) is 0 Å². The summed E-state index contributed by atoms with van der Waals surface area (Å²) < 4.78 is 0. The van der Waals surface area contributed by atoms with Crippen LogP contribution in [0.25, 0.3) is 0 Å². The fourth-order valence-electron chi connectivity index (χ4n) is 2.48. The molecule has 3 rings (SSSR count). The number of pyridine rings is 1. The lowest BCUT2D eigenvalue weighted by molar-refractivity contribution is 0.603. The molecule has 0 radical (unpaired) electrons. The summed E-state index contributed by atoms with van der Waals surface area (Å²) >= 11 is 0. The van der Waals surface area contributed by atoms with E-state index in [-0.39, 0.29) is 12.1 Å². The minimum absolute atomic E-state index is 0.235. The van der Waals surface area contributed by atoms with Crippen molar-refractivity contribution in [2.24, 2.45) is 5.73 Å². The van der Waals surface area contributed by atoms with E-state index in [0.717, 1.165) is 17.9 Å². The van der Waals surface area contributed by atoms with Crippen molar-refractivity contribution in [1.29, 1.82) is 0 Å². The van der Waals surface area contributed by atoms with Crippen LogP contribution in [0, 0.1) is 0 Å². The minimum Gasteiger partial charge on any atom is -0.378 e. The number of nitrogens with zero attached hydrogens (tertiary/aromatic N) is 1. The van der Waals surface area contributed by atoms with Crippen molar-refractivity contribution < 1.29 is 0 Å². The molecule has 19 heavy (non-hydrogen) atoms. The molecule has 98 valence electrons. The quantitative estimate of drug-likeness (QED) is 0.770. The van der Waals surface area contributed by atoms with Gasteiger partial charge in [-0.2, -0.15) is 0 Å². The van der Waals surface area contributed by atoms with Crippen molar-refractivity contribution in [2.45, 2.75) is 18.5 Å². The van der Waals surface area contributed by atoms with Gasteiger partial charge in [0.2, 0.25) is 0 Å². The Balaban J connectivity index is 1.95. The summed E-state index contributed by atoms with van der Waals surface area (Å²) in [5.41, 5.74) is 8.15. The van der Waals surface area contributed by atoms with E-state index in [0.29, 0.717) is 6.54 Å². The normalized spacial score (nSPS) is 21.7. The predicted octanol–water partition coefficient (Wildman–Crippen LogP) is 2.38. The lowest BCUT2D eigenvalue weighted by atomic mass is 10.00. The largest absolute Gasteiger partial charge is 0.378 e. The van der Waals surface area contributed by atoms with Gasteiger partial charge in [-0.25, -0.2) is 4.98 Å². The third-order valence-corrected chi connectivity index (χ3v) is 3.48. The molecule has 2 atom stereocenters. The second-order valence-corrected chi connectivity index (χ2v) is 4.82. The molecule has 2 aromatic rings. The summed E-state index contributed by atoms with van der Waals surface area (Å²) in [6, 6.07) is 14.9. The molecule has 0 saturated carbocycles. The van der Waals surface area contributed by atoms with Crippen LogP contribution in [0.5, 0.6) is 0 Å². The van der Waals surface area contributed by atoms with Crippen molar-refractivity contribution in [3.63, 3.8) is 0 Å². The van der Waals surface area contributed by atoms with Gasteiger partial charge in [0.05, 0.1) is 11.7 Å². The van der Waals surface area contributed by atoms with Gasteiger partial charge in [-0.05, 0) is 24.1 Å². The smallest absolute Gasteiger partial charge is 0.149 e. The van der Waals surface area contributed by atoms with E-state index in [1.54, 1.807) is 6.20 Å². The van der Waals surface area contributed by atoms with Gasteiger partial charge < -0.3 is 16.4 Å². The van der Waals surface area contributed by atoms with E-state index < -0.39 is 0 Å². The molecule has 4 heteroatoms. The first-order chi connectivity index (χ1) is 9.36. The molecule has 0 bridgehead atoms. The predicted molar refractivity (Wildman–Crippen MR) is 78.1 cm³/mol. The standard InChI is InChI=1S/C15H18N4/c16-10-12-9-14(11-5-2-1-3-6-11)19-15-13(18-12)7-4-8-17-15/h1-8,12,14,18H,9-10,16H2,(H,17,19). The highest BCUT2D eigenvalue weighted by Gasteiger charge is 2.23. The lowest BCUT2D eigenvalue weighted by Crippen LogP contribution is -2.30. The highest BCUT2D eigenvalue weighted by atomic mass is 15.1. The first-order valence-electron chi connectivity index (χ1n) is 6.60. The SMILES string of the molecule is NCC1CC(c2ccccc2)Nc2ncccc2N1. The second kappa shape index (κ2) is 5.28. The highest BCUT2D eigenvalue weighted by Crippen LogP contribution is 2.31. The van der Waals surface area contributed by atoms with Gasteiger partial charge in [0.15, 0.2) is 0 Å². The number of fused-ring (bicyclic) bond motifs is 1. The summed E-state index contributed by atoms with van der Waals surface area (Å²) in [4.78, 5) is 4.41. The number of rotatable bonds is 2. The van der Waals surface area contributed by atoms with Crippen LogP contribution in [0.2, 0.25) is 0 Å². The molecule has 0 saturated heterocycles. The highest BCUT2D eigenvalue weighted by molar-refractivity contribution is 5.66. The fraction of sp³-hybridized carbons (Fsp3) is 0.267. The molecule has 2 unspecified atom stereocenters. The summed E-state index contributed by atoms with van der Waals surface area (Å²) in [7, 11) is 0. The Kier molecular flexibility index (Phi) is 3.33. The Morgan fingerprint density at radius 2 is 1.95 bits per heavy atom. The number of hydrogen-bond acceptors (Lipinski definition) is 4. The zero-order valence-corrected chi connectivity index (χ0v) is 10.7. The zero-order valence-electron chi connectivity index (χ0n) is 10.7. The Hall–Kier alpha value is -2.07. The molecule has 1 aromatic carbocycles. The maximum Gasteiger partial charge on any atom is 0.149 e. The number of aromatic nitrogens is 1. The monoisotopic (exact) mass is 254 g/mol.